The molecule has 0 bridgehead atoms. The number of rotatable bonds is 5. The van der Waals surface area contributed by atoms with E-state index in [2.05, 4.69) is 46.1 Å². The van der Waals surface area contributed by atoms with Gasteiger partial charge in [-0.1, -0.05) is 24.3 Å². The zero-order valence-electron chi connectivity index (χ0n) is 14.9. The van der Waals surface area contributed by atoms with E-state index < -0.39 is 0 Å². The Morgan fingerprint density at radius 1 is 1.12 bits per heavy atom. The van der Waals surface area contributed by atoms with Gasteiger partial charge < -0.3 is 20.1 Å². The first kappa shape index (κ1) is 20.7. The lowest BCUT2D eigenvalue weighted by molar-refractivity contribution is 0.0936. The highest BCUT2D eigenvalue weighted by Gasteiger charge is 2.20. The van der Waals surface area contributed by atoms with Crippen molar-refractivity contribution in [3.05, 3.63) is 54.1 Å². The first-order valence-electron chi connectivity index (χ1n) is 8.24. The zero-order chi connectivity index (χ0) is 17.5. The van der Waals surface area contributed by atoms with Gasteiger partial charge in [-0.2, -0.15) is 0 Å². The normalized spacial score (nSPS) is 15.8. The van der Waals surface area contributed by atoms with E-state index in [1.165, 1.54) is 10.5 Å². The molecule has 0 saturated carbocycles. The summed E-state index contributed by atoms with van der Waals surface area (Å²) in [4.78, 5) is 5.52. The summed E-state index contributed by atoms with van der Waals surface area (Å²) in [6.45, 7) is 1.87. The summed E-state index contributed by atoms with van der Waals surface area (Å²) in [6.07, 6.45) is 2.03. The molecule has 0 spiro atoms. The Morgan fingerprint density at radius 3 is 2.54 bits per heavy atom. The number of aliphatic imine (C=N–C) groups is 1. The molecule has 26 heavy (non-hydrogen) atoms. The molecule has 1 unspecified atom stereocenters. The van der Waals surface area contributed by atoms with E-state index in [1.54, 1.807) is 18.8 Å². The molecule has 7 heteroatoms. The van der Waals surface area contributed by atoms with Gasteiger partial charge in [0.05, 0.1) is 6.54 Å². The Labute approximate surface area is 176 Å². The van der Waals surface area contributed by atoms with Gasteiger partial charge in [-0.3, -0.25) is 4.99 Å². The molecular weight excluding hydrogens is 461 g/mol. The topological polar surface area (TPSA) is 54.9 Å². The van der Waals surface area contributed by atoms with Crippen molar-refractivity contribution in [2.75, 3.05) is 26.5 Å². The Bertz CT molecular complexity index is 725. The lowest BCUT2D eigenvalue weighted by Crippen LogP contribution is -2.45. The van der Waals surface area contributed by atoms with E-state index in [4.69, 9.17) is 9.47 Å². The summed E-state index contributed by atoms with van der Waals surface area (Å²) in [5.41, 5.74) is 1.21. The van der Waals surface area contributed by atoms with Gasteiger partial charge in [-0.25, -0.2) is 0 Å². The molecular formula is C19H24IN3O2S. The van der Waals surface area contributed by atoms with Crippen molar-refractivity contribution in [3.8, 4) is 11.5 Å². The Kier molecular flexibility index (Phi) is 8.37. The van der Waals surface area contributed by atoms with Gasteiger partial charge in [0, 0.05) is 18.5 Å². The summed E-state index contributed by atoms with van der Waals surface area (Å²) in [5, 5.41) is 6.61. The number of ether oxygens (including phenoxy) is 2. The van der Waals surface area contributed by atoms with Gasteiger partial charge in [-0.05, 0) is 36.1 Å². The van der Waals surface area contributed by atoms with Crippen molar-refractivity contribution >= 4 is 41.7 Å². The van der Waals surface area contributed by atoms with Crippen LogP contribution in [0.25, 0.3) is 0 Å². The average Bonchev–Trinajstić information content (AvgIpc) is 2.68. The molecule has 2 aromatic rings. The Hall–Kier alpha value is -1.61. The molecule has 0 radical (unpaired) electrons. The minimum Gasteiger partial charge on any atom is -0.486 e. The van der Waals surface area contributed by atoms with Crippen LogP contribution in [-0.4, -0.2) is 38.5 Å². The van der Waals surface area contributed by atoms with Gasteiger partial charge in [0.1, 0.15) is 12.7 Å². The fourth-order valence-corrected chi connectivity index (χ4v) is 2.93. The van der Waals surface area contributed by atoms with Crippen molar-refractivity contribution in [3.63, 3.8) is 0 Å². The molecule has 140 valence electrons. The van der Waals surface area contributed by atoms with E-state index in [0.717, 1.165) is 24.0 Å². The number of nitrogens with zero attached hydrogens (tertiary/aromatic N) is 1. The maximum absolute atomic E-state index is 5.94. The standard InChI is InChI=1S/C19H23N3O2S.HI/c1-20-19(21-11-14-7-9-16(25-2)10-8-14)22-12-15-13-23-17-5-3-4-6-18(17)24-15;/h3-10,15H,11-13H2,1-2H3,(H2,20,21,22);1H. The molecule has 1 aliphatic heterocycles. The van der Waals surface area contributed by atoms with Crippen LogP contribution in [0.1, 0.15) is 5.56 Å². The number of para-hydroxylation sites is 2. The van der Waals surface area contributed by atoms with Gasteiger partial charge in [0.2, 0.25) is 0 Å². The predicted octanol–water partition coefficient (Wildman–Crippen LogP) is 3.53. The number of nitrogens with one attached hydrogen (secondary N) is 2. The van der Waals surface area contributed by atoms with E-state index in [-0.39, 0.29) is 30.1 Å². The smallest absolute Gasteiger partial charge is 0.191 e. The molecule has 1 heterocycles. The number of fused-ring (bicyclic) bond motifs is 1. The second-order valence-corrected chi connectivity index (χ2v) is 6.53. The Morgan fingerprint density at radius 2 is 1.85 bits per heavy atom. The number of thioether (sulfide) groups is 1. The van der Waals surface area contributed by atoms with Crippen LogP contribution < -0.4 is 20.1 Å². The molecule has 1 atom stereocenters. The van der Waals surface area contributed by atoms with E-state index in [9.17, 15) is 0 Å². The molecule has 0 saturated heterocycles. The van der Waals surface area contributed by atoms with E-state index in [0.29, 0.717) is 13.2 Å². The van der Waals surface area contributed by atoms with Crippen LogP contribution in [0, 0.1) is 0 Å². The third-order valence-corrected chi connectivity index (χ3v) is 4.65. The molecule has 0 fully saturated rings. The highest BCUT2D eigenvalue weighted by Crippen LogP contribution is 2.30. The third-order valence-electron chi connectivity index (χ3n) is 3.91. The maximum atomic E-state index is 5.94. The number of benzene rings is 2. The van der Waals surface area contributed by atoms with Crippen molar-refractivity contribution in [2.45, 2.75) is 17.5 Å². The minimum atomic E-state index is -0.0469. The number of hydrogen-bond acceptors (Lipinski definition) is 4. The summed E-state index contributed by atoms with van der Waals surface area (Å²) < 4.78 is 11.7. The SMILES string of the molecule is CN=C(NCc1ccc(SC)cc1)NCC1COc2ccccc2O1.I. The van der Waals surface area contributed by atoms with Crippen molar-refractivity contribution in [1.29, 1.82) is 0 Å². The molecule has 2 N–H and O–H groups in total. The average molecular weight is 485 g/mol. The highest BCUT2D eigenvalue weighted by molar-refractivity contribution is 14.0. The number of halogens is 1. The number of guanidine groups is 1. The van der Waals surface area contributed by atoms with Crippen molar-refractivity contribution in [1.82, 2.24) is 10.6 Å². The van der Waals surface area contributed by atoms with Crippen LogP contribution in [0.3, 0.4) is 0 Å². The fourth-order valence-electron chi connectivity index (χ4n) is 2.52. The van der Waals surface area contributed by atoms with Crippen LogP contribution in [0.4, 0.5) is 0 Å². The summed E-state index contributed by atoms with van der Waals surface area (Å²) in [6, 6.07) is 16.2. The first-order chi connectivity index (χ1) is 12.3. The minimum absolute atomic E-state index is 0. The largest absolute Gasteiger partial charge is 0.486 e. The van der Waals surface area contributed by atoms with E-state index >= 15 is 0 Å². The van der Waals surface area contributed by atoms with Crippen LogP contribution in [0.15, 0.2) is 58.4 Å². The van der Waals surface area contributed by atoms with Gasteiger partial charge in [0.25, 0.3) is 0 Å². The fraction of sp³-hybridized carbons (Fsp3) is 0.316. The lowest BCUT2D eigenvalue weighted by atomic mass is 10.2. The summed E-state index contributed by atoms with van der Waals surface area (Å²) in [5.74, 6) is 2.34. The molecule has 2 aromatic carbocycles. The Balaban J connectivity index is 0.00000243. The van der Waals surface area contributed by atoms with Gasteiger partial charge in [0.15, 0.2) is 17.5 Å². The monoisotopic (exact) mass is 485 g/mol. The van der Waals surface area contributed by atoms with Crippen LogP contribution >= 0.6 is 35.7 Å². The van der Waals surface area contributed by atoms with Gasteiger partial charge in [-0.15, -0.1) is 35.7 Å². The quantitative estimate of drug-likeness (QED) is 0.294. The maximum Gasteiger partial charge on any atom is 0.191 e. The molecule has 3 rings (SSSR count). The van der Waals surface area contributed by atoms with Crippen LogP contribution in [-0.2, 0) is 6.54 Å². The summed E-state index contributed by atoms with van der Waals surface area (Å²) in [7, 11) is 1.76. The second kappa shape index (κ2) is 10.5. The molecule has 0 amide bonds. The molecule has 1 aliphatic rings. The zero-order valence-corrected chi connectivity index (χ0v) is 18.0. The van der Waals surface area contributed by atoms with Gasteiger partial charge >= 0.3 is 0 Å². The van der Waals surface area contributed by atoms with E-state index in [1.807, 2.05) is 24.3 Å². The van der Waals surface area contributed by atoms with Crippen LogP contribution in [0.5, 0.6) is 11.5 Å². The molecule has 0 aliphatic carbocycles. The molecule has 0 aromatic heterocycles. The second-order valence-electron chi connectivity index (χ2n) is 5.65. The predicted molar refractivity (Wildman–Crippen MR) is 118 cm³/mol. The molecule has 5 nitrogen and oxygen atoms in total. The number of hydrogen-bond donors (Lipinski definition) is 2. The van der Waals surface area contributed by atoms with Crippen LogP contribution in [0.2, 0.25) is 0 Å². The lowest BCUT2D eigenvalue weighted by Gasteiger charge is -2.27. The highest BCUT2D eigenvalue weighted by atomic mass is 127. The first-order valence-corrected chi connectivity index (χ1v) is 9.47. The van der Waals surface area contributed by atoms with Crippen molar-refractivity contribution < 1.29 is 9.47 Å². The third kappa shape index (κ3) is 5.70. The summed E-state index contributed by atoms with van der Waals surface area (Å²) >= 11 is 1.74. The van der Waals surface area contributed by atoms with Crippen molar-refractivity contribution in [2.24, 2.45) is 4.99 Å².